The van der Waals surface area contributed by atoms with Gasteiger partial charge in [-0.05, 0) is 37.8 Å². The number of hydrogen-bond donors (Lipinski definition) is 1. The number of carbonyl (C=O) groups is 1. The van der Waals surface area contributed by atoms with Gasteiger partial charge in [-0.3, -0.25) is 9.48 Å². The fourth-order valence-electron chi connectivity index (χ4n) is 2.22. The van der Waals surface area contributed by atoms with E-state index in [9.17, 15) is 18.0 Å². The zero-order valence-electron chi connectivity index (χ0n) is 11.7. The lowest BCUT2D eigenvalue weighted by molar-refractivity contribution is -0.134. The Kier molecular flexibility index (Phi) is 3.72. The third kappa shape index (κ3) is 3.16. The molecule has 2 heterocycles. The highest BCUT2D eigenvalue weighted by Gasteiger charge is 2.33. The molecule has 1 amide bonds. The highest BCUT2D eigenvalue weighted by atomic mass is 32.1. The van der Waals surface area contributed by atoms with Crippen molar-refractivity contribution in [3.63, 3.8) is 0 Å². The average molecular weight is 329 g/mol. The van der Waals surface area contributed by atoms with Gasteiger partial charge in [0.05, 0.1) is 22.8 Å². The molecule has 1 unspecified atom stereocenters. The summed E-state index contributed by atoms with van der Waals surface area (Å²) in [6.45, 7) is 2.06. The molecule has 4 nitrogen and oxygen atoms in total. The Bertz CT molecular complexity index is 688. The maximum atomic E-state index is 12.5. The molecule has 1 fully saturated rings. The second-order valence-corrected chi connectivity index (χ2v) is 6.49. The van der Waals surface area contributed by atoms with Crippen LogP contribution in [0.15, 0.2) is 24.5 Å². The number of aromatic nitrogens is 2. The largest absolute Gasteiger partial charge is 0.425 e. The van der Waals surface area contributed by atoms with Crippen molar-refractivity contribution in [2.24, 2.45) is 5.92 Å². The summed E-state index contributed by atoms with van der Waals surface area (Å²) in [5.74, 6) is 0.0641. The Morgan fingerprint density at radius 2 is 2.18 bits per heavy atom. The standard InChI is InChI=1S/C14H14F3N3OS/c1-8(9-2-3-9)20-7-10(6-18-20)19-13(21)11-4-5-12(22-11)14(15,16)17/h4-9H,2-3H2,1H3,(H,19,21). The molecule has 8 heteroatoms. The summed E-state index contributed by atoms with van der Waals surface area (Å²) in [5, 5.41) is 6.77. The summed E-state index contributed by atoms with van der Waals surface area (Å²) in [4.78, 5) is 11.2. The van der Waals surface area contributed by atoms with E-state index in [-0.39, 0.29) is 10.9 Å². The lowest BCUT2D eigenvalue weighted by atomic mass is 10.2. The van der Waals surface area contributed by atoms with Crippen LogP contribution in [0, 0.1) is 5.92 Å². The SMILES string of the molecule is CC(C1CC1)n1cc(NC(=O)c2ccc(C(F)(F)F)s2)cn1. The van der Waals surface area contributed by atoms with E-state index < -0.39 is 17.0 Å². The van der Waals surface area contributed by atoms with E-state index in [0.29, 0.717) is 22.9 Å². The summed E-state index contributed by atoms with van der Waals surface area (Å²) < 4.78 is 39.4. The third-order valence-electron chi connectivity index (χ3n) is 3.69. The molecule has 118 valence electrons. The molecule has 0 saturated heterocycles. The van der Waals surface area contributed by atoms with Crippen molar-refractivity contribution < 1.29 is 18.0 Å². The first-order valence-electron chi connectivity index (χ1n) is 6.87. The van der Waals surface area contributed by atoms with Crippen LogP contribution in [-0.2, 0) is 6.18 Å². The van der Waals surface area contributed by atoms with Crippen LogP contribution in [0.4, 0.5) is 18.9 Å². The molecule has 2 aromatic rings. The van der Waals surface area contributed by atoms with Gasteiger partial charge in [0.15, 0.2) is 0 Å². The molecule has 1 aliphatic carbocycles. The molecular weight excluding hydrogens is 315 g/mol. The van der Waals surface area contributed by atoms with E-state index in [0.717, 1.165) is 6.07 Å². The number of nitrogens with zero attached hydrogens (tertiary/aromatic N) is 2. The molecule has 1 N–H and O–H groups in total. The molecule has 0 radical (unpaired) electrons. The van der Waals surface area contributed by atoms with Gasteiger partial charge in [-0.25, -0.2) is 0 Å². The van der Waals surface area contributed by atoms with Gasteiger partial charge >= 0.3 is 6.18 Å². The van der Waals surface area contributed by atoms with Crippen LogP contribution in [0.2, 0.25) is 0 Å². The first kappa shape index (κ1) is 15.1. The summed E-state index contributed by atoms with van der Waals surface area (Å²) in [6.07, 6.45) is 1.15. The Morgan fingerprint density at radius 1 is 1.45 bits per heavy atom. The van der Waals surface area contributed by atoms with Crippen LogP contribution in [0.3, 0.4) is 0 Å². The molecule has 1 aliphatic rings. The van der Waals surface area contributed by atoms with Gasteiger partial charge in [0.1, 0.15) is 4.88 Å². The van der Waals surface area contributed by atoms with E-state index in [1.54, 1.807) is 10.9 Å². The molecule has 1 saturated carbocycles. The number of hydrogen-bond acceptors (Lipinski definition) is 3. The summed E-state index contributed by atoms with van der Waals surface area (Å²) in [6, 6.07) is 2.36. The number of rotatable bonds is 4. The minimum atomic E-state index is -4.42. The van der Waals surface area contributed by atoms with Gasteiger partial charge in [0, 0.05) is 6.20 Å². The van der Waals surface area contributed by atoms with Gasteiger partial charge in [-0.1, -0.05) is 0 Å². The summed E-state index contributed by atoms with van der Waals surface area (Å²) in [5.41, 5.74) is 0.486. The zero-order chi connectivity index (χ0) is 15.9. The Balaban J connectivity index is 1.67. The number of carbonyl (C=O) groups excluding carboxylic acids is 1. The van der Waals surface area contributed by atoms with Crippen LogP contribution >= 0.6 is 11.3 Å². The molecule has 3 rings (SSSR count). The average Bonchev–Trinajstić information content (AvgIpc) is 2.98. The first-order valence-corrected chi connectivity index (χ1v) is 7.69. The normalized spacial score (nSPS) is 16.5. The molecule has 0 spiro atoms. The van der Waals surface area contributed by atoms with Crippen LogP contribution < -0.4 is 5.32 Å². The summed E-state index contributed by atoms with van der Waals surface area (Å²) >= 11 is 0.431. The van der Waals surface area contributed by atoms with Crippen molar-refractivity contribution in [3.05, 3.63) is 34.3 Å². The fourth-order valence-corrected chi connectivity index (χ4v) is 2.99. The third-order valence-corrected chi connectivity index (χ3v) is 4.82. The zero-order valence-corrected chi connectivity index (χ0v) is 12.5. The second kappa shape index (κ2) is 5.42. The van der Waals surface area contributed by atoms with Crippen LogP contribution in [-0.4, -0.2) is 15.7 Å². The minimum absolute atomic E-state index is 0.0234. The topological polar surface area (TPSA) is 46.9 Å². The molecule has 1 atom stereocenters. The van der Waals surface area contributed by atoms with Crippen molar-refractivity contribution in [1.82, 2.24) is 9.78 Å². The molecule has 0 aromatic carbocycles. The summed E-state index contributed by atoms with van der Waals surface area (Å²) in [7, 11) is 0. The number of thiophene rings is 1. The van der Waals surface area contributed by atoms with E-state index in [1.807, 2.05) is 0 Å². The van der Waals surface area contributed by atoms with Gasteiger partial charge in [-0.2, -0.15) is 18.3 Å². The lowest BCUT2D eigenvalue weighted by Gasteiger charge is -2.09. The van der Waals surface area contributed by atoms with Gasteiger partial charge < -0.3 is 5.32 Å². The van der Waals surface area contributed by atoms with E-state index in [2.05, 4.69) is 17.3 Å². The van der Waals surface area contributed by atoms with E-state index in [4.69, 9.17) is 0 Å². The number of halogens is 3. The minimum Gasteiger partial charge on any atom is -0.319 e. The quantitative estimate of drug-likeness (QED) is 0.914. The Morgan fingerprint density at radius 3 is 2.77 bits per heavy atom. The van der Waals surface area contributed by atoms with Crippen molar-refractivity contribution in [2.75, 3.05) is 5.32 Å². The Labute approximate surface area is 128 Å². The fraction of sp³-hybridized carbons (Fsp3) is 0.429. The predicted octanol–water partition coefficient (Wildman–Crippen LogP) is 4.19. The lowest BCUT2D eigenvalue weighted by Crippen LogP contribution is -2.10. The number of nitrogens with one attached hydrogen (secondary N) is 1. The highest BCUT2D eigenvalue weighted by molar-refractivity contribution is 7.14. The predicted molar refractivity (Wildman–Crippen MR) is 76.9 cm³/mol. The molecule has 0 aliphatic heterocycles. The van der Waals surface area contributed by atoms with E-state index in [1.165, 1.54) is 25.1 Å². The van der Waals surface area contributed by atoms with Gasteiger partial charge in [-0.15, -0.1) is 11.3 Å². The van der Waals surface area contributed by atoms with Crippen molar-refractivity contribution in [3.8, 4) is 0 Å². The monoisotopic (exact) mass is 329 g/mol. The van der Waals surface area contributed by atoms with Crippen LogP contribution in [0.25, 0.3) is 0 Å². The van der Waals surface area contributed by atoms with Gasteiger partial charge in [0.2, 0.25) is 0 Å². The molecule has 22 heavy (non-hydrogen) atoms. The van der Waals surface area contributed by atoms with Crippen molar-refractivity contribution in [2.45, 2.75) is 32.0 Å². The Hall–Kier alpha value is -1.83. The number of amides is 1. The van der Waals surface area contributed by atoms with Crippen molar-refractivity contribution in [1.29, 1.82) is 0 Å². The number of alkyl halides is 3. The van der Waals surface area contributed by atoms with E-state index >= 15 is 0 Å². The van der Waals surface area contributed by atoms with Gasteiger partial charge in [0.25, 0.3) is 5.91 Å². The second-order valence-electron chi connectivity index (χ2n) is 5.40. The maximum Gasteiger partial charge on any atom is 0.425 e. The molecule has 2 aromatic heterocycles. The number of anilines is 1. The first-order chi connectivity index (χ1) is 10.3. The van der Waals surface area contributed by atoms with Crippen LogP contribution in [0.5, 0.6) is 0 Å². The smallest absolute Gasteiger partial charge is 0.319 e. The highest BCUT2D eigenvalue weighted by Crippen LogP contribution is 2.39. The molecular formula is C14H14F3N3OS. The van der Waals surface area contributed by atoms with Crippen LogP contribution in [0.1, 0.15) is 40.4 Å². The van der Waals surface area contributed by atoms with Crippen molar-refractivity contribution >= 4 is 22.9 Å². The molecule has 0 bridgehead atoms. The maximum absolute atomic E-state index is 12.5.